The van der Waals surface area contributed by atoms with Crippen LogP contribution in [0, 0.1) is 0 Å². The van der Waals surface area contributed by atoms with Gasteiger partial charge in [-0.15, -0.1) is 0 Å². The normalized spacial score (nSPS) is 9.77. The van der Waals surface area contributed by atoms with Crippen LogP contribution in [0.5, 0.6) is 5.75 Å². The summed E-state index contributed by atoms with van der Waals surface area (Å²) in [6, 6.07) is 5.81. The molecule has 0 aliphatic carbocycles. The molecule has 0 aliphatic heterocycles. The Balaban J connectivity index is 2.72. The number of hydrogen-bond acceptors (Lipinski definition) is 1. The highest BCUT2D eigenvalue weighted by molar-refractivity contribution is 9.11. The molecule has 0 atom stereocenters. The highest BCUT2D eigenvalue weighted by atomic mass is 79.9. The molecule has 0 saturated carbocycles. The molecule has 0 aliphatic rings. The molecule has 0 unspecified atom stereocenters. The first-order valence-corrected chi connectivity index (χ1v) is 5.40. The fourth-order valence-electron chi connectivity index (χ4n) is 0.793. The van der Waals surface area contributed by atoms with E-state index in [1.54, 1.807) is 0 Å². The van der Waals surface area contributed by atoms with E-state index in [0.29, 0.717) is 6.61 Å². The first-order valence-electron chi connectivity index (χ1n) is 3.82. The largest absolute Gasteiger partial charge is 0.488 e. The molecular weight excluding hydrogens is 296 g/mol. The van der Waals surface area contributed by atoms with Crippen molar-refractivity contribution >= 4 is 31.9 Å². The molecule has 1 aromatic carbocycles. The molecule has 0 amide bonds. The Morgan fingerprint density at radius 2 is 2.15 bits per heavy atom. The summed E-state index contributed by atoms with van der Waals surface area (Å²) in [6.45, 7) is 6.26. The van der Waals surface area contributed by atoms with Gasteiger partial charge in [0.25, 0.3) is 0 Å². The minimum atomic E-state index is 0.556. The Bertz CT molecular complexity index is 321. The van der Waals surface area contributed by atoms with E-state index < -0.39 is 0 Å². The summed E-state index contributed by atoms with van der Waals surface area (Å²) in [4.78, 5) is 0. The minimum Gasteiger partial charge on any atom is -0.488 e. The summed E-state index contributed by atoms with van der Waals surface area (Å²) in [5.74, 6) is 0.839. The third kappa shape index (κ3) is 3.53. The maximum Gasteiger partial charge on any atom is 0.134 e. The van der Waals surface area contributed by atoms with Gasteiger partial charge in [-0.25, -0.2) is 0 Å². The summed E-state index contributed by atoms with van der Waals surface area (Å²) in [7, 11) is 0. The standard InChI is InChI=1S/C10H10Br2O/c1-7(2)6-13-10-4-3-8(11)5-9(10)12/h3-5H,1,6H2,2H3. The molecule has 0 spiro atoms. The zero-order valence-electron chi connectivity index (χ0n) is 7.31. The predicted octanol–water partition coefficient (Wildman–Crippen LogP) is 4.17. The molecule has 13 heavy (non-hydrogen) atoms. The smallest absolute Gasteiger partial charge is 0.134 e. The SMILES string of the molecule is C=C(C)COc1ccc(Br)cc1Br. The number of benzene rings is 1. The van der Waals surface area contributed by atoms with Crippen LogP contribution >= 0.6 is 31.9 Å². The first-order chi connectivity index (χ1) is 6.09. The van der Waals surface area contributed by atoms with Crippen LogP contribution in [0.1, 0.15) is 6.92 Å². The van der Waals surface area contributed by atoms with Crippen molar-refractivity contribution in [1.29, 1.82) is 0 Å². The van der Waals surface area contributed by atoms with E-state index in [-0.39, 0.29) is 0 Å². The Morgan fingerprint density at radius 3 is 2.69 bits per heavy atom. The lowest BCUT2D eigenvalue weighted by molar-refractivity contribution is 0.350. The third-order valence-corrected chi connectivity index (χ3v) is 2.48. The van der Waals surface area contributed by atoms with Crippen molar-refractivity contribution in [3.05, 3.63) is 39.3 Å². The minimum absolute atomic E-state index is 0.556. The van der Waals surface area contributed by atoms with Gasteiger partial charge in [0, 0.05) is 4.47 Å². The quantitative estimate of drug-likeness (QED) is 0.762. The van der Waals surface area contributed by atoms with Crippen molar-refractivity contribution in [1.82, 2.24) is 0 Å². The van der Waals surface area contributed by atoms with Crippen LogP contribution in [0.2, 0.25) is 0 Å². The second-order valence-corrected chi connectivity index (χ2v) is 4.59. The number of halogens is 2. The van der Waals surface area contributed by atoms with Gasteiger partial charge in [0.1, 0.15) is 12.4 Å². The molecule has 1 aromatic rings. The van der Waals surface area contributed by atoms with E-state index in [4.69, 9.17) is 4.74 Å². The topological polar surface area (TPSA) is 9.23 Å². The molecule has 70 valence electrons. The van der Waals surface area contributed by atoms with Gasteiger partial charge in [-0.3, -0.25) is 0 Å². The van der Waals surface area contributed by atoms with Crippen LogP contribution in [0.25, 0.3) is 0 Å². The molecule has 1 nitrogen and oxygen atoms in total. The fraction of sp³-hybridized carbons (Fsp3) is 0.200. The number of rotatable bonds is 3. The summed E-state index contributed by atoms with van der Waals surface area (Å²) in [6.07, 6.45) is 0. The van der Waals surface area contributed by atoms with Crippen LogP contribution < -0.4 is 4.74 Å². The van der Waals surface area contributed by atoms with Gasteiger partial charge in [-0.05, 0) is 46.6 Å². The Morgan fingerprint density at radius 1 is 1.46 bits per heavy atom. The summed E-state index contributed by atoms with van der Waals surface area (Å²) in [5.41, 5.74) is 1.01. The van der Waals surface area contributed by atoms with Gasteiger partial charge in [-0.2, -0.15) is 0 Å². The molecule has 0 N–H and O–H groups in total. The lowest BCUT2D eigenvalue weighted by atomic mass is 10.3. The van der Waals surface area contributed by atoms with Crippen molar-refractivity contribution in [2.24, 2.45) is 0 Å². The van der Waals surface area contributed by atoms with Crippen molar-refractivity contribution < 1.29 is 4.74 Å². The number of hydrogen-bond donors (Lipinski definition) is 0. The Kier molecular flexibility index (Phi) is 4.00. The van der Waals surface area contributed by atoms with Gasteiger partial charge in [0.2, 0.25) is 0 Å². The van der Waals surface area contributed by atoms with Crippen LogP contribution in [-0.2, 0) is 0 Å². The maximum atomic E-state index is 5.49. The predicted molar refractivity (Wildman–Crippen MR) is 62.2 cm³/mol. The van der Waals surface area contributed by atoms with Crippen molar-refractivity contribution in [3.63, 3.8) is 0 Å². The zero-order valence-corrected chi connectivity index (χ0v) is 10.5. The maximum absolute atomic E-state index is 5.49. The van der Waals surface area contributed by atoms with E-state index in [1.165, 1.54) is 0 Å². The van der Waals surface area contributed by atoms with E-state index >= 15 is 0 Å². The third-order valence-electron chi connectivity index (χ3n) is 1.37. The molecular formula is C10H10Br2O. The molecule has 0 aromatic heterocycles. The van der Waals surface area contributed by atoms with Gasteiger partial charge >= 0.3 is 0 Å². The molecule has 3 heteroatoms. The molecule has 0 heterocycles. The summed E-state index contributed by atoms with van der Waals surface area (Å²) < 4.78 is 7.46. The van der Waals surface area contributed by atoms with E-state index in [9.17, 15) is 0 Å². The van der Waals surface area contributed by atoms with Crippen LogP contribution in [-0.4, -0.2) is 6.61 Å². The Hall–Kier alpha value is -0.280. The highest BCUT2D eigenvalue weighted by Gasteiger charge is 2.00. The second-order valence-electron chi connectivity index (χ2n) is 2.82. The van der Waals surface area contributed by atoms with Crippen molar-refractivity contribution in [3.8, 4) is 5.75 Å². The van der Waals surface area contributed by atoms with Gasteiger partial charge < -0.3 is 4.74 Å². The van der Waals surface area contributed by atoms with Crippen molar-refractivity contribution in [2.45, 2.75) is 6.92 Å². The van der Waals surface area contributed by atoms with Gasteiger partial charge in [0.15, 0.2) is 0 Å². The molecule has 0 saturated heterocycles. The van der Waals surface area contributed by atoms with Gasteiger partial charge in [-0.1, -0.05) is 22.5 Å². The second kappa shape index (κ2) is 4.82. The lowest BCUT2D eigenvalue weighted by Gasteiger charge is -2.07. The van der Waals surface area contributed by atoms with E-state index in [0.717, 1.165) is 20.3 Å². The lowest BCUT2D eigenvalue weighted by Crippen LogP contribution is -1.97. The zero-order chi connectivity index (χ0) is 9.84. The van der Waals surface area contributed by atoms with Crippen molar-refractivity contribution in [2.75, 3.05) is 6.61 Å². The highest BCUT2D eigenvalue weighted by Crippen LogP contribution is 2.28. The molecule has 0 radical (unpaired) electrons. The van der Waals surface area contributed by atoms with E-state index in [2.05, 4.69) is 38.4 Å². The average molecular weight is 306 g/mol. The van der Waals surface area contributed by atoms with Crippen LogP contribution in [0.4, 0.5) is 0 Å². The summed E-state index contributed by atoms with van der Waals surface area (Å²) in [5, 5.41) is 0. The summed E-state index contributed by atoms with van der Waals surface area (Å²) >= 11 is 6.79. The van der Waals surface area contributed by atoms with Crippen LogP contribution in [0.15, 0.2) is 39.3 Å². The van der Waals surface area contributed by atoms with Gasteiger partial charge in [0.05, 0.1) is 4.47 Å². The fourth-order valence-corrected chi connectivity index (χ4v) is 1.95. The monoisotopic (exact) mass is 304 g/mol. The first kappa shape index (κ1) is 10.8. The van der Waals surface area contributed by atoms with Crippen LogP contribution in [0.3, 0.4) is 0 Å². The average Bonchev–Trinajstić information content (AvgIpc) is 2.02. The molecule has 1 rings (SSSR count). The van der Waals surface area contributed by atoms with E-state index in [1.807, 2.05) is 25.1 Å². The molecule has 0 fully saturated rings. The Labute approximate surface area is 95.1 Å². The number of ether oxygens (including phenoxy) is 1. The molecule has 0 bridgehead atoms.